The van der Waals surface area contributed by atoms with E-state index >= 15 is 0 Å². The van der Waals surface area contributed by atoms with Gasteiger partial charge in [-0.1, -0.05) is 29.5 Å². The molecule has 184 valence electrons. The average Bonchev–Trinajstić information content (AvgIpc) is 2.90. The number of nitrogens with one attached hydrogen (secondary N) is 1. The third-order valence-electron chi connectivity index (χ3n) is 5.84. The molecule has 36 heavy (non-hydrogen) atoms. The van der Waals surface area contributed by atoms with Gasteiger partial charge in [0.15, 0.2) is 0 Å². The lowest BCUT2D eigenvalue weighted by molar-refractivity contribution is -0.146. The molecule has 0 aliphatic carbocycles. The molecule has 0 bridgehead atoms. The first-order valence-electron chi connectivity index (χ1n) is 11.2. The Morgan fingerprint density at radius 1 is 1.03 bits per heavy atom. The topological polar surface area (TPSA) is 144 Å². The molecule has 10 nitrogen and oxygen atoms in total. The zero-order valence-corrected chi connectivity index (χ0v) is 19.4. The van der Waals surface area contributed by atoms with Gasteiger partial charge in [-0.05, 0) is 60.5 Å². The molecule has 0 aliphatic rings. The van der Waals surface area contributed by atoms with E-state index in [1.807, 2.05) is 0 Å². The number of aromatic nitrogens is 3. The van der Waals surface area contributed by atoms with Gasteiger partial charge in [-0.3, -0.25) is 14.4 Å². The number of hydrogen-bond donors (Lipinski definition) is 3. The Labute approximate surface area is 205 Å². The number of aryl methyl sites for hydroxylation is 1. The van der Waals surface area contributed by atoms with Crippen LogP contribution in [0.1, 0.15) is 28.4 Å². The second-order valence-corrected chi connectivity index (χ2v) is 8.12. The number of nitrogens with zero attached hydrogens (tertiary/aromatic N) is 3. The molecule has 0 radical (unpaired) electrons. The Morgan fingerprint density at radius 2 is 1.72 bits per heavy atom. The summed E-state index contributed by atoms with van der Waals surface area (Å²) in [6.07, 6.45) is -1.38. The van der Waals surface area contributed by atoms with Crippen molar-refractivity contribution in [1.29, 1.82) is 0 Å². The molecule has 3 N–H and O–H groups in total. The molecule has 0 fully saturated rings. The van der Waals surface area contributed by atoms with Crippen molar-refractivity contribution >= 4 is 28.5 Å². The third kappa shape index (κ3) is 5.39. The van der Waals surface area contributed by atoms with Crippen LogP contribution in [0.25, 0.3) is 10.9 Å². The molecule has 4 rings (SSSR count). The molecule has 10 heteroatoms. The number of carbonyl (C=O) groups excluding carboxylic acids is 1. The second kappa shape index (κ2) is 10.8. The maximum absolute atomic E-state index is 12.6. The van der Waals surface area contributed by atoms with E-state index in [1.165, 1.54) is 7.11 Å². The minimum atomic E-state index is -1.34. The van der Waals surface area contributed by atoms with Crippen LogP contribution in [-0.4, -0.2) is 44.2 Å². The maximum Gasteiger partial charge on any atom is 0.309 e. The minimum Gasteiger partial charge on any atom is -0.497 e. The fourth-order valence-corrected chi connectivity index (χ4v) is 3.79. The largest absolute Gasteiger partial charge is 0.497 e. The van der Waals surface area contributed by atoms with E-state index in [-0.39, 0.29) is 24.4 Å². The molecule has 0 aliphatic heterocycles. The first kappa shape index (κ1) is 24.6. The Hall–Kier alpha value is -4.57. The van der Waals surface area contributed by atoms with Crippen molar-refractivity contribution in [3.05, 3.63) is 94.3 Å². The predicted molar refractivity (Wildman–Crippen MR) is 132 cm³/mol. The smallest absolute Gasteiger partial charge is 0.309 e. The van der Waals surface area contributed by atoms with Crippen LogP contribution in [0.5, 0.6) is 5.75 Å². The monoisotopic (exact) mass is 488 g/mol. The van der Waals surface area contributed by atoms with Crippen LogP contribution in [0.4, 0.5) is 5.69 Å². The highest BCUT2D eigenvalue weighted by molar-refractivity contribution is 6.04. The van der Waals surface area contributed by atoms with Gasteiger partial charge in [-0.15, -0.1) is 5.10 Å². The molecule has 1 heterocycles. The van der Waals surface area contributed by atoms with Gasteiger partial charge in [0, 0.05) is 17.8 Å². The fourth-order valence-electron chi connectivity index (χ4n) is 3.79. The first-order chi connectivity index (χ1) is 17.4. The Kier molecular flexibility index (Phi) is 7.36. The lowest BCUT2D eigenvalue weighted by Gasteiger charge is -2.20. The van der Waals surface area contributed by atoms with Gasteiger partial charge in [-0.25, -0.2) is 4.68 Å². The molecule has 1 aromatic heterocycles. The lowest BCUT2D eigenvalue weighted by Crippen LogP contribution is -2.29. The Balaban J connectivity index is 1.43. The van der Waals surface area contributed by atoms with Crippen LogP contribution in [0.15, 0.2) is 77.6 Å². The number of ether oxygens (including phenoxy) is 1. The molecular weight excluding hydrogens is 464 g/mol. The highest BCUT2D eigenvalue weighted by Crippen LogP contribution is 2.27. The van der Waals surface area contributed by atoms with Gasteiger partial charge in [0.25, 0.3) is 11.5 Å². The number of carbonyl (C=O) groups is 2. The van der Waals surface area contributed by atoms with Crippen LogP contribution >= 0.6 is 0 Å². The molecule has 0 spiro atoms. The molecule has 0 saturated carbocycles. The van der Waals surface area contributed by atoms with Gasteiger partial charge >= 0.3 is 5.97 Å². The van der Waals surface area contributed by atoms with Crippen molar-refractivity contribution in [2.75, 3.05) is 12.4 Å². The van der Waals surface area contributed by atoms with E-state index in [2.05, 4.69) is 15.6 Å². The molecule has 3 aromatic carbocycles. The number of aliphatic hydroxyl groups is 1. The number of rotatable bonds is 9. The molecular formula is C26H24N4O6. The summed E-state index contributed by atoms with van der Waals surface area (Å²) in [5.41, 5.74) is 1.36. The fraction of sp³-hybridized carbons (Fsp3) is 0.192. The molecule has 0 saturated heterocycles. The van der Waals surface area contributed by atoms with Crippen molar-refractivity contribution in [2.45, 2.75) is 19.1 Å². The van der Waals surface area contributed by atoms with Crippen molar-refractivity contribution in [3.8, 4) is 5.75 Å². The van der Waals surface area contributed by atoms with E-state index in [0.717, 1.165) is 4.68 Å². The second-order valence-electron chi connectivity index (χ2n) is 8.12. The van der Waals surface area contributed by atoms with E-state index in [9.17, 15) is 24.6 Å². The molecule has 2 atom stereocenters. The number of fused-ring (bicyclic) bond motifs is 1. The molecule has 4 aromatic rings. The number of aliphatic hydroxyl groups excluding tert-OH is 1. The van der Waals surface area contributed by atoms with E-state index < -0.39 is 18.0 Å². The number of benzene rings is 3. The average molecular weight is 489 g/mol. The van der Waals surface area contributed by atoms with Gasteiger partial charge in [0.1, 0.15) is 11.3 Å². The Morgan fingerprint density at radius 3 is 2.39 bits per heavy atom. The summed E-state index contributed by atoms with van der Waals surface area (Å²) in [5.74, 6) is -2.09. The van der Waals surface area contributed by atoms with Crippen LogP contribution in [0.3, 0.4) is 0 Å². The Bertz CT molecular complexity index is 1430. The summed E-state index contributed by atoms with van der Waals surface area (Å²) >= 11 is 0. The summed E-state index contributed by atoms with van der Waals surface area (Å²) in [5, 5.41) is 31.5. The number of amides is 1. The number of carboxylic acids is 1. The van der Waals surface area contributed by atoms with Crippen molar-refractivity contribution in [1.82, 2.24) is 15.0 Å². The van der Waals surface area contributed by atoms with Crippen molar-refractivity contribution < 1.29 is 24.5 Å². The van der Waals surface area contributed by atoms with Crippen LogP contribution in [-0.2, 0) is 11.3 Å². The van der Waals surface area contributed by atoms with Gasteiger partial charge in [0.05, 0.1) is 24.5 Å². The van der Waals surface area contributed by atoms with Gasteiger partial charge in [-0.2, -0.15) is 0 Å². The van der Waals surface area contributed by atoms with Crippen molar-refractivity contribution in [3.63, 3.8) is 0 Å². The normalized spacial score (nSPS) is 12.6. The van der Waals surface area contributed by atoms with Crippen LogP contribution < -0.4 is 15.6 Å². The minimum absolute atomic E-state index is 0.0271. The number of anilines is 1. The lowest BCUT2D eigenvalue weighted by atomic mass is 9.92. The van der Waals surface area contributed by atoms with E-state index in [1.54, 1.807) is 72.8 Å². The highest BCUT2D eigenvalue weighted by atomic mass is 16.5. The SMILES string of the molecule is COc1ccc(C(=O)Nc2ccc(C(O)[C@H](CCn3nnc4ccccc4c3=O)C(=O)O)cc2)cc1. The number of aliphatic carboxylic acids is 1. The van der Waals surface area contributed by atoms with Crippen LogP contribution in [0, 0.1) is 5.92 Å². The highest BCUT2D eigenvalue weighted by Gasteiger charge is 2.28. The first-order valence-corrected chi connectivity index (χ1v) is 11.2. The number of carboxylic acid groups (broad SMARTS) is 1. The van der Waals surface area contributed by atoms with Gasteiger partial charge in [0.2, 0.25) is 0 Å². The third-order valence-corrected chi connectivity index (χ3v) is 5.84. The van der Waals surface area contributed by atoms with E-state index in [0.29, 0.717) is 33.5 Å². The van der Waals surface area contributed by atoms with Gasteiger partial charge < -0.3 is 20.3 Å². The van der Waals surface area contributed by atoms with Crippen molar-refractivity contribution in [2.24, 2.45) is 5.92 Å². The summed E-state index contributed by atoms with van der Waals surface area (Å²) in [4.78, 5) is 37.0. The molecule has 1 amide bonds. The predicted octanol–water partition coefficient (Wildman–Crippen LogP) is 2.88. The summed E-state index contributed by atoms with van der Waals surface area (Å²) in [7, 11) is 1.54. The quantitative estimate of drug-likeness (QED) is 0.326. The zero-order valence-electron chi connectivity index (χ0n) is 19.4. The zero-order chi connectivity index (χ0) is 25.7. The number of methoxy groups -OCH3 is 1. The standard InChI is InChI=1S/C26H24N4O6/c1-36-19-12-8-17(9-13-19)24(32)27-18-10-6-16(7-11-18)23(31)21(26(34)35)14-15-30-25(33)20-4-2-3-5-22(20)28-29-30/h2-13,21,23,31H,14-15H2,1H3,(H,27,32)(H,34,35)/t21-,23?/m0/s1. The number of hydrogen-bond acceptors (Lipinski definition) is 7. The summed E-state index contributed by atoms with van der Waals surface area (Å²) in [6, 6.07) is 19.6. The maximum atomic E-state index is 12.6. The summed E-state index contributed by atoms with van der Waals surface area (Å²) < 4.78 is 6.18. The van der Waals surface area contributed by atoms with E-state index in [4.69, 9.17) is 4.74 Å². The summed E-state index contributed by atoms with van der Waals surface area (Å²) in [6.45, 7) is -0.0271. The molecule has 1 unspecified atom stereocenters. The van der Waals surface area contributed by atoms with Crippen LogP contribution in [0.2, 0.25) is 0 Å².